The van der Waals surface area contributed by atoms with Gasteiger partial charge in [0.1, 0.15) is 5.82 Å². The van der Waals surface area contributed by atoms with Gasteiger partial charge in [-0.3, -0.25) is 0 Å². The van der Waals surface area contributed by atoms with Crippen LogP contribution in [0.25, 0.3) is 0 Å². The molecule has 1 unspecified atom stereocenters. The van der Waals surface area contributed by atoms with Crippen molar-refractivity contribution in [2.45, 2.75) is 39.8 Å². The van der Waals surface area contributed by atoms with Gasteiger partial charge in [-0.15, -0.1) is 0 Å². The second-order valence-electron chi connectivity index (χ2n) is 4.12. The number of nitrogens with zero attached hydrogens (tertiary/aromatic N) is 2. The minimum absolute atomic E-state index is 0.0672. The highest BCUT2D eigenvalue weighted by Crippen LogP contribution is 2.18. The van der Waals surface area contributed by atoms with Crippen molar-refractivity contribution in [2.24, 2.45) is 5.73 Å². The number of rotatable bonds is 4. The average molecular weight is 207 g/mol. The Labute approximate surface area is 92.3 Å². The monoisotopic (exact) mass is 207 g/mol. The summed E-state index contributed by atoms with van der Waals surface area (Å²) in [6.45, 7) is 9.44. The highest BCUT2D eigenvalue weighted by molar-refractivity contribution is 5.42. The SMILES string of the molecule is CCN(c1cc(C(C)N)ccn1)C(C)C. The summed E-state index contributed by atoms with van der Waals surface area (Å²) in [7, 11) is 0. The third-order valence-corrected chi connectivity index (χ3v) is 2.55. The van der Waals surface area contributed by atoms with Gasteiger partial charge in [-0.25, -0.2) is 4.98 Å². The van der Waals surface area contributed by atoms with Crippen LogP contribution in [-0.4, -0.2) is 17.6 Å². The standard InChI is InChI=1S/C12H21N3/c1-5-15(9(2)3)12-8-11(10(4)13)6-7-14-12/h6-10H,5,13H2,1-4H3. The highest BCUT2D eigenvalue weighted by atomic mass is 15.2. The summed E-state index contributed by atoms with van der Waals surface area (Å²) in [5.41, 5.74) is 6.99. The fraction of sp³-hybridized carbons (Fsp3) is 0.583. The van der Waals surface area contributed by atoms with Gasteiger partial charge in [0, 0.05) is 24.8 Å². The number of nitrogens with two attached hydrogens (primary N) is 1. The second-order valence-corrected chi connectivity index (χ2v) is 4.12. The molecule has 0 amide bonds. The molecule has 1 rings (SSSR count). The van der Waals surface area contributed by atoms with Crippen molar-refractivity contribution in [1.82, 2.24) is 4.98 Å². The van der Waals surface area contributed by atoms with Gasteiger partial charge in [0.15, 0.2) is 0 Å². The van der Waals surface area contributed by atoms with E-state index in [4.69, 9.17) is 5.73 Å². The van der Waals surface area contributed by atoms with Gasteiger partial charge in [0.25, 0.3) is 0 Å². The van der Waals surface area contributed by atoms with E-state index in [9.17, 15) is 0 Å². The number of hydrogen-bond donors (Lipinski definition) is 1. The molecule has 0 aromatic carbocycles. The molecular formula is C12H21N3. The zero-order valence-electron chi connectivity index (χ0n) is 10.1. The molecule has 0 spiro atoms. The first kappa shape index (κ1) is 12.0. The summed E-state index contributed by atoms with van der Waals surface area (Å²) in [5.74, 6) is 1.02. The van der Waals surface area contributed by atoms with Crippen molar-refractivity contribution in [3.63, 3.8) is 0 Å². The molecule has 0 radical (unpaired) electrons. The number of hydrogen-bond acceptors (Lipinski definition) is 3. The second kappa shape index (κ2) is 5.12. The van der Waals surface area contributed by atoms with Gasteiger partial charge in [0.05, 0.1) is 0 Å². The van der Waals surface area contributed by atoms with E-state index in [0.717, 1.165) is 17.9 Å². The summed E-state index contributed by atoms with van der Waals surface area (Å²) < 4.78 is 0. The Bertz CT molecular complexity index is 307. The maximum atomic E-state index is 5.85. The molecule has 2 N–H and O–H groups in total. The topological polar surface area (TPSA) is 42.1 Å². The van der Waals surface area contributed by atoms with E-state index in [2.05, 4.69) is 36.7 Å². The number of anilines is 1. The summed E-state index contributed by atoms with van der Waals surface area (Å²) in [6.07, 6.45) is 1.83. The van der Waals surface area contributed by atoms with Crippen LogP contribution >= 0.6 is 0 Å². The lowest BCUT2D eigenvalue weighted by Crippen LogP contribution is -2.31. The van der Waals surface area contributed by atoms with E-state index in [-0.39, 0.29) is 6.04 Å². The van der Waals surface area contributed by atoms with E-state index in [0.29, 0.717) is 6.04 Å². The predicted molar refractivity (Wildman–Crippen MR) is 65.0 cm³/mol. The molecular weight excluding hydrogens is 186 g/mol. The first-order valence-electron chi connectivity index (χ1n) is 5.54. The predicted octanol–water partition coefficient (Wildman–Crippen LogP) is 2.34. The third kappa shape index (κ3) is 2.93. The molecule has 15 heavy (non-hydrogen) atoms. The van der Waals surface area contributed by atoms with E-state index in [1.165, 1.54) is 0 Å². The van der Waals surface area contributed by atoms with Crippen molar-refractivity contribution >= 4 is 5.82 Å². The fourth-order valence-electron chi connectivity index (χ4n) is 1.67. The smallest absolute Gasteiger partial charge is 0.129 e. The summed E-state index contributed by atoms with van der Waals surface area (Å²) in [6, 6.07) is 4.58. The van der Waals surface area contributed by atoms with Crippen LogP contribution in [0.5, 0.6) is 0 Å². The van der Waals surface area contributed by atoms with Gasteiger partial charge in [-0.1, -0.05) is 0 Å². The Morgan fingerprint density at radius 2 is 2.07 bits per heavy atom. The summed E-state index contributed by atoms with van der Waals surface area (Å²) >= 11 is 0. The molecule has 0 saturated heterocycles. The van der Waals surface area contributed by atoms with Crippen LogP contribution in [0.2, 0.25) is 0 Å². The van der Waals surface area contributed by atoms with Crippen LogP contribution < -0.4 is 10.6 Å². The van der Waals surface area contributed by atoms with E-state index in [1.807, 2.05) is 19.2 Å². The van der Waals surface area contributed by atoms with Gasteiger partial charge in [0.2, 0.25) is 0 Å². The molecule has 0 aliphatic rings. The number of aromatic nitrogens is 1. The first-order valence-corrected chi connectivity index (χ1v) is 5.54. The number of pyridine rings is 1. The van der Waals surface area contributed by atoms with Crippen LogP contribution in [0.4, 0.5) is 5.82 Å². The molecule has 1 aromatic rings. The lowest BCUT2D eigenvalue weighted by molar-refractivity contribution is 0.691. The van der Waals surface area contributed by atoms with Crippen LogP contribution in [0, 0.1) is 0 Å². The van der Waals surface area contributed by atoms with Crippen LogP contribution in [0.15, 0.2) is 18.3 Å². The van der Waals surface area contributed by atoms with E-state index >= 15 is 0 Å². The zero-order chi connectivity index (χ0) is 11.4. The lowest BCUT2D eigenvalue weighted by atomic mass is 10.1. The van der Waals surface area contributed by atoms with Gasteiger partial charge in [-0.05, 0) is 45.4 Å². The maximum Gasteiger partial charge on any atom is 0.129 e. The molecule has 0 saturated carbocycles. The van der Waals surface area contributed by atoms with Crippen LogP contribution in [-0.2, 0) is 0 Å². The lowest BCUT2D eigenvalue weighted by Gasteiger charge is -2.26. The Balaban J connectivity index is 2.98. The van der Waals surface area contributed by atoms with E-state index in [1.54, 1.807) is 0 Å². The van der Waals surface area contributed by atoms with Crippen molar-refractivity contribution in [3.8, 4) is 0 Å². The molecule has 0 aliphatic heterocycles. The maximum absolute atomic E-state index is 5.85. The molecule has 0 bridgehead atoms. The van der Waals surface area contributed by atoms with E-state index < -0.39 is 0 Å². The van der Waals surface area contributed by atoms with Gasteiger partial charge in [-0.2, -0.15) is 0 Å². The highest BCUT2D eigenvalue weighted by Gasteiger charge is 2.10. The Morgan fingerprint density at radius 1 is 1.40 bits per heavy atom. The molecule has 3 nitrogen and oxygen atoms in total. The minimum atomic E-state index is 0.0672. The zero-order valence-corrected chi connectivity index (χ0v) is 10.1. The Kier molecular flexibility index (Phi) is 4.09. The third-order valence-electron chi connectivity index (χ3n) is 2.55. The van der Waals surface area contributed by atoms with Crippen LogP contribution in [0.1, 0.15) is 39.3 Å². The van der Waals surface area contributed by atoms with Crippen molar-refractivity contribution in [3.05, 3.63) is 23.9 Å². The molecule has 1 aromatic heterocycles. The van der Waals surface area contributed by atoms with Gasteiger partial charge >= 0.3 is 0 Å². The average Bonchev–Trinajstić information content (AvgIpc) is 2.18. The molecule has 3 heteroatoms. The normalized spacial score (nSPS) is 12.9. The summed E-state index contributed by atoms with van der Waals surface area (Å²) in [5, 5.41) is 0. The minimum Gasteiger partial charge on any atom is -0.354 e. The molecule has 0 aliphatic carbocycles. The Morgan fingerprint density at radius 3 is 2.53 bits per heavy atom. The largest absolute Gasteiger partial charge is 0.354 e. The molecule has 0 fully saturated rings. The van der Waals surface area contributed by atoms with Crippen LogP contribution in [0.3, 0.4) is 0 Å². The molecule has 84 valence electrons. The summed E-state index contributed by atoms with van der Waals surface area (Å²) in [4.78, 5) is 6.64. The van der Waals surface area contributed by atoms with Crippen molar-refractivity contribution in [2.75, 3.05) is 11.4 Å². The van der Waals surface area contributed by atoms with Crippen molar-refractivity contribution < 1.29 is 0 Å². The Hall–Kier alpha value is -1.09. The van der Waals surface area contributed by atoms with Crippen molar-refractivity contribution in [1.29, 1.82) is 0 Å². The molecule has 1 atom stereocenters. The van der Waals surface area contributed by atoms with Gasteiger partial charge < -0.3 is 10.6 Å². The first-order chi connectivity index (χ1) is 7.06. The quantitative estimate of drug-likeness (QED) is 0.824. The molecule has 1 heterocycles. The fourth-order valence-corrected chi connectivity index (χ4v) is 1.67.